The van der Waals surface area contributed by atoms with Crippen molar-refractivity contribution < 1.29 is 14.0 Å². The molecule has 0 spiro atoms. The minimum absolute atomic E-state index is 0.170. The maximum atomic E-state index is 14.1. The number of hydrogen-bond acceptors (Lipinski definition) is 3. The molecule has 1 fully saturated rings. The molecule has 2 heterocycles. The number of allylic oxidation sites excluding steroid dienone is 1. The average Bonchev–Trinajstić information content (AvgIpc) is 2.85. The van der Waals surface area contributed by atoms with Crippen LogP contribution in [0.4, 0.5) is 4.39 Å². The van der Waals surface area contributed by atoms with Crippen LogP contribution in [-0.2, 0) is 4.79 Å². The number of benzene rings is 3. The standard InChI is InChI=1S/C27H20BrFN2O2/c28-19-15-18(11-12-20(19)29)22-23-21(13-14-30-27(23)33)31-25(16-7-3-1-4-8-16)24(22)26(32)17-9-5-2-6-10-17/h1-12,15,22-23H,13-14H2,(H,30,33). The molecule has 2 aliphatic heterocycles. The number of carbonyl (C=O) groups excluding carboxylic acids is 2. The Morgan fingerprint density at radius 1 is 0.970 bits per heavy atom. The van der Waals surface area contributed by atoms with Crippen molar-refractivity contribution in [2.75, 3.05) is 6.54 Å². The molecule has 0 bridgehead atoms. The SMILES string of the molecule is O=C(C1=C(c2ccccc2)N=C2CCNC(=O)C2C1c1ccc(F)c(Br)c1)c1ccccc1. The fourth-order valence-electron chi connectivity index (χ4n) is 4.59. The van der Waals surface area contributed by atoms with Gasteiger partial charge in [0.05, 0.1) is 16.1 Å². The van der Waals surface area contributed by atoms with Gasteiger partial charge in [-0.2, -0.15) is 0 Å². The van der Waals surface area contributed by atoms with Gasteiger partial charge in [-0.25, -0.2) is 4.39 Å². The van der Waals surface area contributed by atoms with Gasteiger partial charge in [0.2, 0.25) is 5.91 Å². The van der Waals surface area contributed by atoms with E-state index in [0.29, 0.717) is 35.4 Å². The molecule has 33 heavy (non-hydrogen) atoms. The van der Waals surface area contributed by atoms with E-state index in [1.807, 2.05) is 48.5 Å². The quantitative estimate of drug-likeness (QED) is 0.475. The molecule has 0 saturated carbocycles. The van der Waals surface area contributed by atoms with Crippen molar-refractivity contribution in [2.45, 2.75) is 12.3 Å². The van der Waals surface area contributed by atoms with Gasteiger partial charge in [0.25, 0.3) is 0 Å². The van der Waals surface area contributed by atoms with Gasteiger partial charge in [-0.05, 0) is 33.6 Å². The molecule has 0 aromatic heterocycles. The lowest BCUT2D eigenvalue weighted by molar-refractivity contribution is -0.123. The van der Waals surface area contributed by atoms with Crippen molar-refractivity contribution >= 4 is 39.0 Å². The van der Waals surface area contributed by atoms with Gasteiger partial charge in [0.15, 0.2) is 5.78 Å². The van der Waals surface area contributed by atoms with Crippen LogP contribution in [0, 0.1) is 11.7 Å². The summed E-state index contributed by atoms with van der Waals surface area (Å²) in [6, 6.07) is 23.2. The van der Waals surface area contributed by atoms with Crippen LogP contribution in [0.25, 0.3) is 5.70 Å². The Balaban J connectivity index is 1.81. The highest BCUT2D eigenvalue weighted by Gasteiger charge is 2.44. The molecule has 164 valence electrons. The first kappa shape index (κ1) is 21.5. The summed E-state index contributed by atoms with van der Waals surface area (Å²) < 4.78 is 14.4. The number of aliphatic imine (C=N–C) groups is 1. The Bertz CT molecular complexity index is 1300. The topological polar surface area (TPSA) is 58.5 Å². The van der Waals surface area contributed by atoms with Crippen LogP contribution in [0.2, 0.25) is 0 Å². The summed E-state index contributed by atoms with van der Waals surface area (Å²) in [4.78, 5) is 32.0. The fraction of sp³-hybridized carbons (Fsp3) is 0.148. The minimum Gasteiger partial charge on any atom is -0.355 e. The van der Waals surface area contributed by atoms with E-state index in [9.17, 15) is 14.0 Å². The summed E-state index contributed by atoms with van der Waals surface area (Å²) in [6.45, 7) is 0.498. The predicted octanol–water partition coefficient (Wildman–Crippen LogP) is 5.56. The number of nitrogens with one attached hydrogen (secondary N) is 1. The number of amides is 1. The van der Waals surface area contributed by atoms with E-state index in [0.717, 1.165) is 11.3 Å². The molecule has 5 rings (SSSR count). The maximum absolute atomic E-state index is 14.1. The third-order valence-electron chi connectivity index (χ3n) is 6.11. The monoisotopic (exact) mass is 502 g/mol. The largest absolute Gasteiger partial charge is 0.355 e. The Morgan fingerprint density at radius 3 is 2.36 bits per heavy atom. The molecule has 3 aromatic carbocycles. The highest BCUT2D eigenvalue weighted by atomic mass is 79.9. The first-order valence-electron chi connectivity index (χ1n) is 10.7. The predicted molar refractivity (Wildman–Crippen MR) is 130 cm³/mol. The first-order chi connectivity index (χ1) is 16.0. The lowest BCUT2D eigenvalue weighted by Crippen LogP contribution is -2.47. The molecular weight excluding hydrogens is 483 g/mol. The molecule has 1 N–H and O–H groups in total. The number of hydrogen-bond donors (Lipinski definition) is 1. The van der Waals surface area contributed by atoms with E-state index < -0.39 is 17.7 Å². The molecular formula is C27H20BrFN2O2. The lowest BCUT2D eigenvalue weighted by Gasteiger charge is -2.37. The molecule has 2 atom stereocenters. The zero-order valence-electron chi connectivity index (χ0n) is 17.6. The van der Waals surface area contributed by atoms with Crippen molar-refractivity contribution in [3.8, 4) is 0 Å². The van der Waals surface area contributed by atoms with Gasteiger partial charge in [-0.15, -0.1) is 0 Å². The van der Waals surface area contributed by atoms with E-state index in [-0.39, 0.29) is 16.2 Å². The van der Waals surface area contributed by atoms with E-state index >= 15 is 0 Å². The molecule has 0 aliphatic carbocycles. The smallest absolute Gasteiger partial charge is 0.229 e. The average molecular weight is 503 g/mol. The van der Waals surface area contributed by atoms with E-state index in [2.05, 4.69) is 21.2 Å². The van der Waals surface area contributed by atoms with Gasteiger partial charge in [0.1, 0.15) is 5.82 Å². The van der Waals surface area contributed by atoms with Crippen LogP contribution >= 0.6 is 15.9 Å². The Morgan fingerprint density at radius 2 is 1.67 bits per heavy atom. The maximum Gasteiger partial charge on any atom is 0.229 e. The summed E-state index contributed by atoms with van der Waals surface area (Å²) in [7, 11) is 0. The van der Waals surface area contributed by atoms with Gasteiger partial charge in [-0.3, -0.25) is 14.6 Å². The van der Waals surface area contributed by atoms with Crippen LogP contribution in [0.15, 0.2) is 93.9 Å². The Hall–Kier alpha value is -3.38. The van der Waals surface area contributed by atoms with E-state index in [1.165, 1.54) is 6.07 Å². The molecule has 0 radical (unpaired) electrons. The van der Waals surface area contributed by atoms with Crippen molar-refractivity contribution in [1.82, 2.24) is 5.32 Å². The van der Waals surface area contributed by atoms with Crippen LogP contribution in [-0.4, -0.2) is 23.9 Å². The number of rotatable bonds is 4. The van der Waals surface area contributed by atoms with Crippen LogP contribution < -0.4 is 5.32 Å². The van der Waals surface area contributed by atoms with Crippen molar-refractivity contribution in [3.05, 3.63) is 111 Å². The Labute approximate surface area is 199 Å². The number of carbonyl (C=O) groups is 2. The second kappa shape index (κ2) is 8.87. The number of halogens is 2. The van der Waals surface area contributed by atoms with Crippen molar-refractivity contribution in [3.63, 3.8) is 0 Å². The number of piperidine rings is 1. The summed E-state index contributed by atoms with van der Waals surface area (Å²) in [5.41, 5.74) is 3.76. The summed E-state index contributed by atoms with van der Waals surface area (Å²) >= 11 is 3.27. The molecule has 4 nitrogen and oxygen atoms in total. The van der Waals surface area contributed by atoms with Gasteiger partial charge in [-0.1, -0.05) is 66.7 Å². The molecule has 1 amide bonds. The van der Waals surface area contributed by atoms with Crippen LogP contribution in [0.3, 0.4) is 0 Å². The van der Waals surface area contributed by atoms with Crippen LogP contribution in [0.1, 0.15) is 33.8 Å². The zero-order chi connectivity index (χ0) is 22.9. The Kier molecular flexibility index (Phi) is 5.77. The summed E-state index contributed by atoms with van der Waals surface area (Å²) in [5, 5.41) is 2.92. The van der Waals surface area contributed by atoms with Crippen molar-refractivity contribution in [2.24, 2.45) is 10.9 Å². The molecule has 6 heteroatoms. The third kappa shape index (κ3) is 3.95. The lowest BCUT2D eigenvalue weighted by atomic mass is 9.70. The second-order valence-corrected chi connectivity index (χ2v) is 8.95. The van der Waals surface area contributed by atoms with Crippen LogP contribution in [0.5, 0.6) is 0 Å². The fourth-order valence-corrected chi connectivity index (χ4v) is 4.99. The second-order valence-electron chi connectivity index (χ2n) is 8.10. The summed E-state index contributed by atoms with van der Waals surface area (Å²) in [5.74, 6) is -2.00. The first-order valence-corrected chi connectivity index (χ1v) is 11.5. The number of nitrogens with zero attached hydrogens (tertiary/aromatic N) is 1. The highest BCUT2D eigenvalue weighted by Crippen LogP contribution is 2.45. The minimum atomic E-state index is -0.633. The number of fused-ring (bicyclic) bond motifs is 1. The van der Waals surface area contributed by atoms with Gasteiger partial charge in [0, 0.05) is 41.3 Å². The highest BCUT2D eigenvalue weighted by molar-refractivity contribution is 9.10. The summed E-state index contributed by atoms with van der Waals surface area (Å²) in [6.07, 6.45) is 0.596. The normalized spacial score (nSPS) is 20.1. The van der Waals surface area contributed by atoms with E-state index in [1.54, 1.807) is 24.3 Å². The molecule has 2 aliphatic rings. The third-order valence-corrected chi connectivity index (χ3v) is 6.72. The van der Waals surface area contributed by atoms with E-state index in [4.69, 9.17) is 4.99 Å². The molecule has 3 aromatic rings. The zero-order valence-corrected chi connectivity index (χ0v) is 19.2. The number of ketones is 1. The van der Waals surface area contributed by atoms with Gasteiger partial charge >= 0.3 is 0 Å². The van der Waals surface area contributed by atoms with Gasteiger partial charge < -0.3 is 5.32 Å². The molecule has 2 unspecified atom stereocenters. The number of Topliss-reactive ketones (excluding diaryl/α,β-unsaturated/α-hetero) is 1. The van der Waals surface area contributed by atoms with Crippen molar-refractivity contribution in [1.29, 1.82) is 0 Å². The molecule has 1 saturated heterocycles.